The minimum atomic E-state index is -0.442. The average molecular weight is 551 g/mol. The lowest BCUT2D eigenvalue weighted by Crippen LogP contribution is -2.52. The molecule has 2 N–H and O–H groups in total. The second-order valence-corrected chi connectivity index (χ2v) is 9.39. The number of hydrogen-bond donors (Lipinski definition) is 2. The van der Waals surface area contributed by atoms with Crippen LogP contribution in [-0.4, -0.2) is 68.1 Å². The normalized spacial score (nSPS) is 16.9. The van der Waals surface area contributed by atoms with E-state index in [4.69, 9.17) is 18.8 Å². The minimum Gasteiger partial charge on any atom is -0.352 e. The standard InChI is InChI=1S/2C9H12N3O2P.C4H8.C3H8/c1-2-8-10-4-3-9(11-8)12-5-7(6-12)14-15-13;1-2-7-3-4-10-9(11-7)12-5-8(6-12)14-15-13;1-2-4-3-1;1-3-2/h2-4,7,13,15H,1,5-6H2;2-4,8,13,15H,1,5-6H2;1-4H2;3H2,1-2H3. The van der Waals surface area contributed by atoms with Gasteiger partial charge >= 0.3 is 0 Å². The first-order valence-electron chi connectivity index (χ1n) is 12.6. The Morgan fingerprint density at radius 1 is 0.865 bits per heavy atom. The monoisotopic (exact) mass is 550 g/mol. The molecule has 12 heteroatoms. The van der Waals surface area contributed by atoms with Crippen molar-refractivity contribution >= 4 is 42.0 Å². The molecule has 3 aliphatic rings. The van der Waals surface area contributed by atoms with Gasteiger partial charge in [0.1, 0.15) is 5.82 Å². The minimum absolute atomic E-state index is 0.101. The van der Waals surface area contributed by atoms with Crippen LogP contribution in [0.15, 0.2) is 37.7 Å². The molecule has 0 bridgehead atoms. The fourth-order valence-corrected chi connectivity index (χ4v) is 3.64. The maximum Gasteiger partial charge on any atom is 0.226 e. The van der Waals surface area contributed by atoms with Gasteiger partial charge < -0.3 is 28.6 Å². The molecule has 2 aromatic rings. The van der Waals surface area contributed by atoms with E-state index in [0.717, 1.165) is 37.7 Å². The van der Waals surface area contributed by atoms with Gasteiger partial charge in [-0.15, -0.1) is 0 Å². The molecule has 2 unspecified atom stereocenters. The Hall–Kier alpha value is -2.06. The number of hydrogen-bond acceptors (Lipinski definition) is 10. The second kappa shape index (κ2) is 18.2. The van der Waals surface area contributed by atoms with Crippen LogP contribution in [0.4, 0.5) is 11.8 Å². The Kier molecular flexibility index (Phi) is 15.4. The van der Waals surface area contributed by atoms with E-state index < -0.39 is 18.1 Å². The lowest BCUT2D eigenvalue weighted by Gasteiger charge is -2.38. The van der Waals surface area contributed by atoms with Crippen molar-refractivity contribution in [1.29, 1.82) is 0 Å². The van der Waals surface area contributed by atoms with Crippen molar-refractivity contribution in [3.8, 4) is 0 Å². The highest BCUT2D eigenvalue weighted by molar-refractivity contribution is 7.25. The van der Waals surface area contributed by atoms with E-state index >= 15 is 0 Å². The zero-order chi connectivity index (χ0) is 26.9. The van der Waals surface area contributed by atoms with E-state index in [1.807, 2.05) is 11.0 Å². The maximum absolute atomic E-state index is 8.59. The van der Waals surface area contributed by atoms with Crippen molar-refractivity contribution in [1.82, 2.24) is 19.9 Å². The van der Waals surface area contributed by atoms with Gasteiger partial charge in [-0.2, -0.15) is 0 Å². The molecule has 1 saturated carbocycles. The quantitative estimate of drug-likeness (QED) is 0.451. The molecule has 0 radical (unpaired) electrons. The molecule has 1 aliphatic carbocycles. The van der Waals surface area contributed by atoms with Crippen LogP contribution in [0.3, 0.4) is 0 Å². The summed E-state index contributed by atoms with van der Waals surface area (Å²) in [5.74, 6) is 2.19. The van der Waals surface area contributed by atoms with Gasteiger partial charge in [0.25, 0.3) is 0 Å². The molecule has 4 heterocycles. The molecule has 3 fully saturated rings. The number of anilines is 2. The molecule has 0 spiro atoms. The predicted molar refractivity (Wildman–Crippen MR) is 154 cm³/mol. The Morgan fingerprint density at radius 2 is 1.41 bits per heavy atom. The van der Waals surface area contributed by atoms with Gasteiger partial charge in [-0.1, -0.05) is 59.1 Å². The summed E-state index contributed by atoms with van der Waals surface area (Å²) in [6.07, 6.45) is 14.2. The smallest absolute Gasteiger partial charge is 0.226 e. The van der Waals surface area contributed by atoms with Gasteiger partial charge in [-0.3, -0.25) is 0 Å². The van der Waals surface area contributed by atoms with Crippen LogP contribution in [0, 0.1) is 0 Å². The van der Waals surface area contributed by atoms with E-state index in [2.05, 4.69) is 51.8 Å². The molecule has 10 nitrogen and oxygen atoms in total. The fourth-order valence-electron chi connectivity index (χ4n) is 3.04. The molecule has 37 heavy (non-hydrogen) atoms. The number of aromatic nitrogens is 4. The van der Waals surface area contributed by atoms with Crippen molar-refractivity contribution in [2.75, 3.05) is 36.0 Å². The first kappa shape index (κ1) is 31.2. The molecular weight excluding hydrogens is 510 g/mol. The van der Waals surface area contributed by atoms with Gasteiger partial charge in [0.15, 0.2) is 23.9 Å². The molecule has 204 valence electrons. The molecule has 0 amide bonds. The van der Waals surface area contributed by atoms with Crippen LogP contribution in [0.1, 0.15) is 57.5 Å². The van der Waals surface area contributed by atoms with E-state index in [0.29, 0.717) is 11.8 Å². The lowest BCUT2D eigenvalue weighted by molar-refractivity contribution is 0.176. The molecule has 5 rings (SSSR count). The van der Waals surface area contributed by atoms with Crippen LogP contribution in [0.25, 0.3) is 12.2 Å². The van der Waals surface area contributed by atoms with Gasteiger partial charge in [0.2, 0.25) is 5.95 Å². The van der Waals surface area contributed by atoms with Gasteiger partial charge in [-0.25, -0.2) is 19.9 Å². The summed E-state index contributed by atoms with van der Waals surface area (Å²) in [6.45, 7) is 14.5. The summed E-state index contributed by atoms with van der Waals surface area (Å²) in [5, 5.41) is 0. The third-order valence-corrected chi connectivity index (χ3v) is 6.33. The van der Waals surface area contributed by atoms with Crippen molar-refractivity contribution in [3.63, 3.8) is 0 Å². The highest BCUT2D eigenvalue weighted by Gasteiger charge is 2.29. The van der Waals surface area contributed by atoms with E-state index in [1.54, 1.807) is 30.6 Å². The Balaban J connectivity index is 0.000000207. The van der Waals surface area contributed by atoms with E-state index in [9.17, 15) is 0 Å². The highest BCUT2D eigenvalue weighted by atomic mass is 31.1. The zero-order valence-corrected chi connectivity index (χ0v) is 23.8. The zero-order valence-electron chi connectivity index (χ0n) is 21.8. The third kappa shape index (κ3) is 11.1. The summed E-state index contributed by atoms with van der Waals surface area (Å²) < 4.78 is 10.1. The maximum atomic E-state index is 8.59. The third-order valence-electron chi connectivity index (χ3n) is 5.46. The van der Waals surface area contributed by atoms with Crippen LogP contribution in [-0.2, 0) is 9.05 Å². The summed E-state index contributed by atoms with van der Waals surface area (Å²) in [5.41, 5.74) is 0.813. The van der Waals surface area contributed by atoms with Crippen LogP contribution >= 0.6 is 18.1 Å². The first-order valence-corrected chi connectivity index (χ1v) is 14.3. The largest absolute Gasteiger partial charge is 0.352 e. The number of rotatable bonds is 8. The van der Waals surface area contributed by atoms with Crippen molar-refractivity contribution in [2.24, 2.45) is 0 Å². The SMILES string of the molecule is C1CCC1.C=Cc1ccnc(N2CC(OPO)C2)n1.C=Cc1nccc(N2CC(OPO)C2)n1.CCC. The topological polar surface area (TPSA) is 117 Å². The van der Waals surface area contributed by atoms with Crippen LogP contribution in [0.2, 0.25) is 0 Å². The van der Waals surface area contributed by atoms with Crippen LogP contribution < -0.4 is 9.80 Å². The Morgan fingerprint density at radius 3 is 1.89 bits per heavy atom. The van der Waals surface area contributed by atoms with E-state index in [-0.39, 0.29) is 12.2 Å². The fraction of sp³-hybridized carbons (Fsp3) is 0.520. The molecular formula is C25H40N6O4P2. The van der Waals surface area contributed by atoms with Gasteiger partial charge in [0, 0.05) is 38.6 Å². The number of nitrogens with zero attached hydrogens (tertiary/aromatic N) is 6. The summed E-state index contributed by atoms with van der Waals surface area (Å²) >= 11 is 0. The van der Waals surface area contributed by atoms with Crippen molar-refractivity contribution < 1.29 is 18.8 Å². The van der Waals surface area contributed by atoms with Gasteiger partial charge in [-0.05, 0) is 24.3 Å². The molecule has 2 aromatic heterocycles. The van der Waals surface area contributed by atoms with Crippen molar-refractivity contribution in [3.05, 3.63) is 49.2 Å². The molecule has 2 atom stereocenters. The van der Waals surface area contributed by atoms with Crippen LogP contribution in [0.5, 0.6) is 0 Å². The first-order chi connectivity index (χ1) is 18.1. The molecule has 2 aliphatic heterocycles. The summed E-state index contributed by atoms with van der Waals surface area (Å²) in [6, 6.07) is 3.66. The highest BCUT2D eigenvalue weighted by Crippen LogP contribution is 2.24. The molecule has 2 saturated heterocycles. The summed E-state index contributed by atoms with van der Waals surface area (Å²) in [7, 11) is -0.877. The summed E-state index contributed by atoms with van der Waals surface area (Å²) in [4.78, 5) is 38.0. The molecule has 0 aromatic carbocycles. The lowest BCUT2D eigenvalue weighted by atomic mass is 10.0. The van der Waals surface area contributed by atoms with E-state index in [1.165, 1.54) is 32.1 Å². The predicted octanol–water partition coefficient (Wildman–Crippen LogP) is 4.63. The van der Waals surface area contributed by atoms with Gasteiger partial charge in [0.05, 0.1) is 17.9 Å². The Labute approximate surface area is 224 Å². The Bertz CT molecular complexity index is 852. The van der Waals surface area contributed by atoms with Crippen molar-refractivity contribution in [2.45, 2.75) is 58.2 Å². The second-order valence-electron chi connectivity index (χ2n) is 8.56. The average Bonchev–Trinajstić information content (AvgIpc) is 2.83.